The van der Waals surface area contributed by atoms with Gasteiger partial charge in [-0.05, 0) is 23.8 Å². The Morgan fingerprint density at radius 2 is 2.26 bits per heavy atom. The number of benzene rings is 1. The van der Waals surface area contributed by atoms with Gasteiger partial charge in [0.15, 0.2) is 0 Å². The number of nitrogens with two attached hydrogens (primary N) is 1. The van der Waals surface area contributed by atoms with Crippen LogP contribution in [0.4, 0.5) is 5.69 Å². The van der Waals surface area contributed by atoms with Crippen molar-refractivity contribution in [1.82, 2.24) is 0 Å². The van der Waals surface area contributed by atoms with Crippen LogP contribution in [0.15, 0.2) is 35.7 Å². The second-order valence-corrected chi connectivity index (χ2v) is 5.15. The molecule has 0 fully saturated rings. The van der Waals surface area contributed by atoms with Crippen LogP contribution in [0.25, 0.3) is 0 Å². The number of carbonyl (C=O) groups is 1. The topological polar surface area (TPSA) is 64.3 Å². The van der Waals surface area contributed by atoms with Crippen molar-refractivity contribution in [3.8, 4) is 0 Å². The lowest BCUT2D eigenvalue weighted by molar-refractivity contribution is 0.100. The Morgan fingerprint density at radius 3 is 2.95 bits per heavy atom. The van der Waals surface area contributed by atoms with E-state index in [1.807, 2.05) is 30.3 Å². The first-order valence-corrected chi connectivity index (χ1v) is 6.76. The van der Waals surface area contributed by atoms with Crippen molar-refractivity contribution in [2.45, 2.75) is 13.2 Å². The maximum atomic E-state index is 11.0. The fourth-order valence-corrected chi connectivity index (χ4v) is 2.54. The quantitative estimate of drug-likeness (QED) is 0.852. The average molecular weight is 276 g/mol. The Kier molecular flexibility index (Phi) is 4.54. The molecule has 0 aliphatic rings. The van der Waals surface area contributed by atoms with E-state index >= 15 is 0 Å². The third-order valence-electron chi connectivity index (χ3n) is 2.64. The fraction of sp³-hybridized carbons (Fsp3) is 0.214. The van der Waals surface area contributed by atoms with E-state index in [9.17, 15) is 4.79 Å². The predicted molar refractivity (Wildman–Crippen MR) is 77.3 cm³/mol. The summed E-state index contributed by atoms with van der Waals surface area (Å²) in [6, 6.07) is 9.87. The molecule has 1 amide bonds. The van der Waals surface area contributed by atoms with Crippen LogP contribution in [-0.4, -0.2) is 13.0 Å². The number of ether oxygens (including phenoxy) is 1. The standard InChI is InChI=1S/C14H16N2O2S/c1-18-8-10-3-2-4-12(5-10)16-7-13-6-11(9-19-13)14(15)17/h2-6,9,16H,7-8H2,1H3,(H2,15,17). The molecular weight excluding hydrogens is 260 g/mol. The SMILES string of the molecule is COCc1cccc(NCc2cc(C(N)=O)cs2)c1. The van der Waals surface area contributed by atoms with Gasteiger partial charge in [0.05, 0.1) is 12.2 Å². The molecule has 1 aromatic heterocycles. The molecular formula is C14H16N2O2S. The van der Waals surface area contributed by atoms with Crippen molar-refractivity contribution >= 4 is 22.9 Å². The molecule has 0 saturated heterocycles. The third-order valence-corrected chi connectivity index (χ3v) is 3.58. The number of hydrogen-bond donors (Lipinski definition) is 2. The van der Waals surface area contributed by atoms with Crippen molar-refractivity contribution in [1.29, 1.82) is 0 Å². The number of rotatable bonds is 6. The zero-order valence-corrected chi connectivity index (χ0v) is 11.5. The van der Waals surface area contributed by atoms with E-state index in [-0.39, 0.29) is 5.91 Å². The minimum atomic E-state index is -0.385. The van der Waals surface area contributed by atoms with E-state index < -0.39 is 0 Å². The smallest absolute Gasteiger partial charge is 0.249 e. The van der Waals surface area contributed by atoms with Gasteiger partial charge < -0.3 is 15.8 Å². The Hall–Kier alpha value is -1.85. The van der Waals surface area contributed by atoms with Gasteiger partial charge in [-0.15, -0.1) is 11.3 Å². The van der Waals surface area contributed by atoms with E-state index in [1.54, 1.807) is 12.5 Å². The van der Waals surface area contributed by atoms with Gasteiger partial charge in [-0.1, -0.05) is 12.1 Å². The van der Waals surface area contributed by atoms with E-state index in [0.717, 1.165) is 16.1 Å². The van der Waals surface area contributed by atoms with Crippen molar-refractivity contribution in [2.75, 3.05) is 12.4 Å². The fourth-order valence-electron chi connectivity index (χ4n) is 1.73. The number of amides is 1. The molecule has 19 heavy (non-hydrogen) atoms. The summed E-state index contributed by atoms with van der Waals surface area (Å²) in [6.07, 6.45) is 0. The lowest BCUT2D eigenvalue weighted by atomic mass is 10.2. The van der Waals surface area contributed by atoms with Crippen LogP contribution in [0.2, 0.25) is 0 Å². The monoisotopic (exact) mass is 276 g/mol. The highest BCUT2D eigenvalue weighted by atomic mass is 32.1. The number of hydrogen-bond acceptors (Lipinski definition) is 4. The molecule has 2 rings (SSSR count). The van der Waals surface area contributed by atoms with E-state index in [2.05, 4.69) is 5.32 Å². The highest BCUT2D eigenvalue weighted by Crippen LogP contribution is 2.17. The Balaban J connectivity index is 1.97. The molecule has 0 aliphatic carbocycles. The molecule has 5 heteroatoms. The largest absolute Gasteiger partial charge is 0.380 e. The van der Waals surface area contributed by atoms with Crippen LogP contribution >= 0.6 is 11.3 Å². The van der Waals surface area contributed by atoms with E-state index in [0.29, 0.717) is 18.7 Å². The summed E-state index contributed by atoms with van der Waals surface area (Å²) in [6.45, 7) is 1.27. The molecule has 4 nitrogen and oxygen atoms in total. The number of methoxy groups -OCH3 is 1. The second-order valence-electron chi connectivity index (χ2n) is 4.15. The van der Waals surface area contributed by atoms with Crippen molar-refractivity contribution in [2.24, 2.45) is 5.73 Å². The first-order chi connectivity index (χ1) is 9.19. The normalized spacial score (nSPS) is 10.4. The molecule has 0 saturated carbocycles. The maximum Gasteiger partial charge on any atom is 0.249 e. The van der Waals surface area contributed by atoms with Crippen molar-refractivity contribution in [3.05, 3.63) is 51.7 Å². The number of primary amides is 1. The van der Waals surface area contributed by atoms with Gasteiger partial charge in [-0.2, -0.15) is 0 Å². The second kappa shape index (κ2) is 6.36. The van der Waals surface area contributed by atoms with Crippen LogP contribution < -0.4 is 11.1 Å². The highest BCUT2D eigenvalue weighted by molar-refractivity contribution is 7.10. The molecule has 0 atom stereocenters. The minimum Gasteiger partial charge on any atom is -0.380 e. The van der Waals surface area contributed by atoms with Gasteiger partial charge in [0.2, 0.25) is 5.91 Å². The summed E-state index contributed by atoms with van der Waals surface area (Å²) in [5.74, 6) is -0.385. The number of nitrogens with one attached hydrogen (secondary N) is 1. The third kappa shape index (κ3) is 3.81. The predicted octanol–water partition coefficient (Wildman–Crippen LogP) is 2.61. The van der Waals surface area contributed by atoms with E-state index in [4.69, 9.17) is 10.5 Å². The van der Waals surface area contributed by atoms with Gasteiger partial charge in [0.25, 0.3) is 0 Å². The minimum absolute atomic E-state index is 0.385. The van der Waals surface area contributed by atoms with Gasteiger partial charge in [0, 0.05) is 29.6 Å². The van der Waals surface area contributed by atoms with Gasteiger partial charge >= 0.3 is 0 Å². The zero-order valence-electron chi connectivity index (χ0n) is 10.7. The summed E-state index contributed by atoms with van der Waals surface area (Å²) in [5.41, 5.74) is 7.94. The lowest BCUT2D eigenvalue weighted by Crippen LogP contribution is -2.09. The molecule has 100 valence electrons. The van der Waals surface area contributed by atoms with Crippen LogP contribution in [0.3, 0.4) is 0 Å². The summed E-state index contributed by atoms with van der Waals surface area (Å²) >= 11 is 1.52. The molecule has 0 radical (unpaired) electrons. The molecule has 1 heterocycles. The van der Waals surface area contributed by atoms with Crippen LogP contribution in [0, 0.1) is 0 Å². The van der Waals surface area contributed by atoms with Crippen LogP contribution in [-0.2, 0) is 17.9 Å². The van der Waals surface area contributed by atoms with Gasteiger partial charge in [-0.25, -0.2) is 0 Å². The molecule has 2 aromatic rings. The molecule has 0 aliphatic heterocycles. The average Bonchev–Trinajstić information content (AvgIpc) is 2.86. The number of anilines is 1. The molecule has 1 aromatic carbocycles. The first-order valence-electron chi connectivity index (χ1n) is 5.88. The molecule has 0 bridgehead atoms. The first kappa shape index (κ1) is 13.6. The Bertz CT molecular complexity index is 566. The Labute approximate surface area is 116 Å². The zero-order chi connectivity index (χ0) is 13.7. The maximum absolute atomic E-state index is 11.0. The highest BCUT2D eigenvalue weighted by Gasteiger charge is 2.04. The van der Waals surface area contributed by atoms with Crippen molar-refractivity contribution in [3.63, 3.8) is 0 Å². The molecule has 3 N–H and O–H groups in total. The summed E-state index contributed by atoms with van der Waals surface area (Å²) in [7, 11) is 1.68. The summed E-state index contributed by atoms with van der Waals surface area (Å²) < 4.78 is 5.10. The van der Waals surface area contributed by atoms with Crippen LogP contribution in [0.5, 0.6) is 0 Å². The molecule has 0 unspecified atom stereocenters. The van der Waals surface area contributed by atoms with Crippen LogP contribution in [0.1, 0.15) is 20.8 Å². The summed E-state index contributed by atoms with van der Waals surface area (Å²) in [4.78, 5) is 12.1. The molecule has 0 spiro atoms. The van der Waals surface area contributed by atoms with Crippen molar-refractivity contribution < 1.29 is 9.53 Å². The summed E-state index contributed by atoms with van der Waals surface area (Å²) in [5, 5.41) is 5.09. The van der Waals surface area contributed by atoms with E-state index in [1.165, 1.54) is 11.3 Å². The lowest BCUT2D eigenvalue weighted by Gasteiger charge is -2.07. The van der Waals surface area contributed by atoms with Gasteiger partial charge in [-0.3, -0.25) is 4.79 Å². The Morgan fingerprint density at radius 1 is 1.42 bits per heavy atom. The number of carbonyl (C=O) groups excluding carboxylic acids is 1. The number of thiophene rings is 1. The van der Waals surface area contributed by atoms with Gasteiger partial charge in [0.1, 0.15) is 0 Å².